The fraction of sp³-hybridized carbons (Fsp3) is 0.174. The molecule has 0 aliphatic heterocycles. The van der Waals surface area contributed by atoms with Crippen LogP contribution in [0, 0.1) is 12.3 Å². The normalized spacial score (nSPS) is 11.5. The smallest absolute Gasteiger partial charge is 0.216 e. The highest BCUT2D eigenvalue weighted by molar-refractivity contribution is 7.17. The number of thiazole rings is 1. The number of nitrogens with one attached hydrogen (secondary N) is 2. The van der Waals surface area contributed by atoms with Crippen molar-refractivity contribution in [3.8, 4) is 27.6 Å². The lowest BCUT2D eigenvalue weighted by Gasteiger charge is -2.07. The third-order valence-electron chi connectivity index (χ3n) is 4.85. The minimum Gasteiger partial charge on any atom is -0.492 e. The molecule has 4 aromatic rings. The number of aromatic nitrogens is 3. The van der Waals surface area contributed by atoms with Crippen molar-refractivity contribution in [2.24, 2.45) is 10.7 Å². The third kappa shape index (κ3) is 4.75. The summed E-state index contributed by atoms with van der Waals surface area (Å²) >= 11 is 1.41. The first kappa shape index (κ1) is 22.2. The molecular formula is C23H23N7O2S. The predicted octanol–water partition coefficient (Wildman–Crippen LogP) is 3.26. The first-order valence-electron chi connectivity index (χ1n) is 10.2. The average Bonchev–Trinajstić information content (AvgIpc) is 3.37. The number of pyridine rings is 1. The van der Waals surface area contributed by atoms with Crippen LogP contribution in [0.2, 0.25) is 0 Å². The molecule has 3 aromatic heterocycles. The second-order valence-electron chi connectivity index (χ2n) is 7.19. The van der Waals surface area contributed by atoms with E-state index in [0.29, 0.717) is 29.5 Å². The van der Waals surface area contributed by atoms with Gasteiger partial charge in [0, 0.05) is 24.8 Å². The summed E-state index contributed by atoms with van der Waals surface area (Å²) in [7, 11) is 0. The number of nitrogens with two attached hydrogens (primary N) is 1. The van der Waals surface area contributed by atoms with Crippen molar-refractivity contribution < 1.29 is 9.53 Å². The molecule has 3 heterocycles. The zero-order chi connectivity index (χ0) is 23.4. The number of benzene rings is 1. The molecule has 0 fully saturated rings. The summed E-state index contributed by atoms with van der Waals surface area (Å²) in [5, 5.41) is 15.4. The van der Waals surface area contributed by atoms with Gasteiger partial charge in [-0.15, -0.1) is 11.3 Å². The first-order valence-corrected chi connectivity index (χ1v) is 11.0. The van der Waals surface area contributed by atoms with Gasteiger partial charge in [0.05, 0.1) is 33.9 Å². The van der Waals surface area contributed by atoms with Gasteiger partial charge in [-0.3, -0.25) is 10.2 Å². The molecule has 33 heavy (non-hydrogen) atoms. The molecule has 0 saturated carbocycles. The summed E-state index contributed by atoms with van der Waals surface area (Å²) in [6.45, 7) is 4.18. The van der Waals surface area contributed by atoms with E-state index < -0.39 is 0 Å². The Kier molecular flexibility index (Phi) is 6.45. The van der Waals surface area contributed by atoms with Crippen LogP contribution in [-0.4, -0.2) is 45.8 Å². The highest BCUT2D eigenvalue weighted by Crippen LogP contribution is 2.37. The number of amides is 1. The molecule has 9 nitrogen and oxygen atoms in total. The molecule has 168 valence electrons. The van der Waals surface area contributed by atoms with Gasteiger partial charge in [-0.2, -0.15) is 5.10 Å². The van der Waals surface area contributed by atoms with E-state index in [1.165, 1.54) is 18.3 Å². The van der Waals surface area contributed by atoms with E-state index in [9.17, 15) is 4.79 Å². The maximum absolute atomic E-state index is 11.0. The lowest BCUT2D eigenvalue weighted by atomic mass is 10.1. The number of hydrogen-bond acceptors (Lipinski definition) is 6. The highest BCUT2D eigenvalue weighted by Gasteiger charge is 2.21. The van der Waals surface area contributed by atoms with Gasteiger partial charge in [0.15, 0.2) is 0 Å². The van der Waals surface area contributed by atoms with Gasteiger partial charge in [0.1, 0.15) is 29.5 Å². The summed E-state index contributed by atoms with van der Waals surface area (Å²) < 4.78 is 7.58. The molecule has 0 saturated heterocycles. The van der Waals surface area contributed by atoms with Crippen molar-refractivity contribution in [3.63, 3.8) is 0 Å². The second-order valence-corrected chi connectivity index (χ2v) is 8.19. The largest absolute Gasteiger partial charge is 0.492 e. The monoisotopic (exact) mass is 461 g/mol. The minimum atomic E-state index is -0.0950. The number of aliphatic imine (C=N–C) groups is 1. The van der Waals surface area contributed by atoms with Crippen LogP contribution < -0.4 is 15.8 Å². The maximum atomic E-state index is 11.0. The highest BCUT2D eigenvalue weighted by atomic mass is 32.1. The first-order chi connectivity index (χ1) is 16.0. The van der Waals surface area contributed by atoms with Crippen LogP contribution in [0.1, 0.15) is 17.5 Å². The van der Waals surface area contributed by atoms with Crippen molar-refractivity contribution in [1.82, 2.24) is 19.9 Å². The number of hydrogen-bond donors (Lipinski definition) is 3. The molecule has 0 spiro atoms. The zero-order valence-corrected chi connectivity index (χ0v) is 19.0. The molecule has 1 amide bonds. The topological polar surface area (TPSA) is 131 Å². The summed E-state index contributed by atoms with van der Waals surface area (Å²) in [6.07, 6.45) is 2.76. The Labute approximate surface area is 194 Å². The lowest BCUT2D eigenvalue weighted by Crippen LogP contribution is -2.25. The van der Waals surface area contributed by atoms with E-state index in [-0.39, 0.29) is 11.7 Å². The van der Waals surface area contributed by atoms with Crippen molar-refractivity contribution in [1.29, 1.82) is 5.41 Å². The summed E-state index contributed by atoms with van der Waals surface area (Å²) in [5.74, 6) is 0.810. The number of carbonyl (C=O) groups is 1. The standard InChI is InChI=1S/C23H23N7O2S/c1-14-19(18-12-17(8-10-30(18)29-14)32-11-9-26-15(2)31)23-28-20(16-6-4-3-5-7-16)21(33-23)22(25)27-13-24/h3-8,10,12-13H,9,11H2,1-2H3,(H,26,31)(H3,24,25,27). The van der Waals surface area contributed by atoms with E-state index in [0.717, 1.165) is 33.7 Å². The Morgan fingerprint density at radius 3 is 2.85 bits per heavy atom. The van der Waals surface area contributed by atoms with Crippen molar-refractivity contribution >= 4 is 34.9 Å². The maximum Gasteiger partial charge on any atom is 0.216 e. The van der Waals surface area contributed by atoms with Crippen LogP contribution in [0.4, 0.5) is 0 Å². The van der Waals surface area contributed by atoms with E-state index in [1.54, 1.807) is 4.52 Å². The van der Waals surface area contributed by atoms with Gasteiger partial charge in [-0.05, 0) is 13.0 Å². The fourth-order valence-corrected chi connectivity index (χ4v) is 4.52. The van der Waals surface area contributed by atoms with Crippen LogP contribution in [-0.2, 0) is 4.79 Å². The average molecular weight is 462 g/mol. The number of nitrogens with zero attached hydrogens (tertiary/aromatic N) is 4. The molecule has 0 radical (unpaired) electrons. The minimum absolute atomic E-state index is 0.0950. The molecule has 1 aromatic carbocycles. The van der Waals surface area contributed by atoms with Crippen LogP contribution >= 0.6 is 11.3 Å². The van der Waals surface area contributed by atoms with E-state index >= 15 is 0 Å². The van der Waals surface area contributed by atoms with Crippen LogP contribution in [0.5, 0.6) is 5.75 Å². The van der Waals surface area contributed by atoms with Crippen molar-refractivity contribution in [2.75, 3.05) is 13.2 Å². The number of amidine groups is 1. The molecule has 4 N–H and O–H groups in total. The van der Waals surface area contributed by atoms with Gasteiger partial charge >= 0.3 is 0 Å². The van der Waals surface area contributed by atoms with Crippen LogP contribution in [0.3, 0.4) is 0 Å². The fourth-order valence-electron chi connectivity index (χ4n) is 3.41. The van der Waals surface area contributed by atoms with Gasteiger partial charge in [-0.25, -0.2) is 14.5 Å². The summed E-state index contributed by atoms with van der Waals surface area (Å²) in [6, 6.07) is 13.5. The zero-order valence-electron chi connectivity index (χ0n) is 18.2. The number of aryl methyl sites for hydroxylation is 1. The quantitative estimate of drug-likeness (QED) is 0.211. The Morgan fingerprint density at radius 2 is 2.12 bits per heavy atom. The molecule has 0 bridgehead atoms. The van der Waals surface area contributed by atoms with Gasteiger partial charge in [-0.1, -0.05) is 30.3 Å². The lowest BCUT2D eigenvalue weighted by molar-refractivity contribution is -0.119. The molecule has 4 rings (SSSR count). The summed E-state index contributed by atoms with van der Waals surface area (Å²) in [5.41, 5.74) is 10.3. The van der Waals surface area contributed by atoms with Gasteiger partial charge in [0.25, 0.3) is 0 Å². The molecule has 0 atom stereocenters. The van der Waals surface area contributed by atoms with Gasteiger partial charge in [0.2, 0.25) is 5.91 Å². The van der Waals surface area contributed by atoms with Crippen LogP contribution in [0.25, 0.3) is 27.3 Å². The SMILES string of the molecule is CC(=O)NCCOc1ccn2nc(C)c(-c3nc(-c4ccccc4)c(C(N)=NC=N)s3)c2c1. The second kappa shape index (κ2) is 9.61. The number of rotatable bonds is 8. The number of carbonyl (C=O) groups excluding carboxylic acids is 1. The Hall–Kier alpha value is -4.05. The Balaban J connectivity index is 1.77. The summed E-state index contributed by atoms with van der Waals surface area (Å²) in [4.78, 5) is 20.6. The Morgan fingerprint density at radius 1 is 1.33 bits per heavy atom. The van der Waals surface area contributed by atoms with E-state index in [1.807, 2.05) is 55.6 Å². The molecule has 0 aliphatic carbocycles. The number of ether oxygens (including phenoxy) is 1. The van der Waals surface area contributed by atoms with E-state index in [4.69, 9.17) is 20.9 Å². The third-order valence-corrected chi connectivity index (χ3v) is 5.95. The predicted molar refractivity (Wildman–Crippen MR) is 130 cm³/mol. The Bertz CT molecular complexity index is 1340. The van der Waals surface area contributed by atoms with Crippen LogP contribution in [0.15, 0.2) is 53.7 Å². The van der Waals surface area contributed by atoms with Crippen molar-refractivity contribution in [2.45, 2.75) is 13.8 Å². The number of fused-ring (bicyclic) bond motifs is 1. The van der Waals surface area contributed by atoms with Gasteiger partial charge < -0.3 is 15.8 Å². The van der Waals surface area contributed by atoms with Crippen molar-refractivity contribution in [3.05, 3.63) is 59.2 Å². The molecule has 0 aliphatic rings. The molecule has 10 heteroatoms. The molecular weight excluding hydrogens is 438 g/mol. The van der Waals surface area contributed by atoms with E-state index in [2.05, 4.69) is 15.4 Å². The molecule has 0 unspecified atom stereocenters.